The number of hydrogen-bond acceptors (Lipinski definition) is 4. The minimum atomic E-state index is -0.657. The Morgan fingerprint density at radius 1 is 1.38 bits per heavy atom. The number of piperidine rings is 1. The molecule has 0 unspecified atom stereocenters. The van der Waals surface area contributed by atoms with Crippen LogP contribution in [0.2, 0.25) is 0 Å². The van der Waals surface area contributed by atoms with Gasteiger partial charge in [-0.25, -0.2) is 4.98 Å². The highest BCUT2D eigenvalue weighted by molar-refractivity contribution is 4.86. The summed E-state index contributed by atoms with van der Waals surface area (Å²) < 4.78 is 5.05. The van der Waals surface area contributed by atoms with Crippen LogP contribution in [0.4, 0.5) is 0 Å². The van der Waals surface area contributed by atoms with E-state index in [4.69, 9.17) is 4.42 Å². The van der Waals surface area contributed by atoms with Crippen molar-refractivity contribution in [2.24, 2.45) is 0 Å². The van der Waals surface area contributed by atoms with E-state index in [2.05, 4.69) is 4.98 Å². The first kappa shape index (κ1) is 8.72. The van der Waals surface area contributed by atoms with Gasteiger partial charge in [-0.2, -0.15) is 0 Å². The number of aromatic nitrogens is 1. The van der Waals surface area contributed by atoms with Crippen molar-refractivity contribution >= 4 is 0 Å². The van der Waals surface area contributed by atoms with Gasteiger partial charge in [-0.05, 0) is 12.8 Å². The van der Waals surface area contributed by atoms with E-state index >= 15 is 0 Å². The van der Waals surface area contributed by atoms with Gasteiger partial charge in [0.1, 0.15) is 6.26 Å². The van der Waals surface area contributed by atoms with Crippen molar-refractivity contribution in [2.45, 2.75) is 25.5 Å². The molecule has 0 aromatic carbocycles. The summed E-state index contributed by atoms with van der Waals surface area (Å²) in [6, 6.07) is 0. The zero-order chi connectivity index (χ0) is 9.10. The molecule has 1 saturated heterocycles. The third-order valence-electron chi connectivity index (χ3n) is 2.41. The molecule has 1 aliphatic rings. The summed E-state index contributed by atoms with van der Waals surface area (Å²) in [7, 11) is 0. The first-order chi connectivity index (χ1) is 6.38. The monoisotopic (exact) mass is 182 g/mol. The summed E-state index contributed by atoms with van der Waals surface area (Å²) in [5.41, 5.74) is 0. The van der Waals surface area contributed by atoms with Crippen molar-refractivity contribution in [3.05, 3.63) is 18.4 Å². The van der Waals surface area contributed by atoms with E-state index in [1.165, 1.54) is 12.7 Å². The highest BCUT2D eigenvalue weighted by Gasteiger charge is 2.22. The number of aliphatic hydroxyl groups is 1. The molecule has 1 aromatic heterocycles. The maximum Gasteiger partial charge on any atom is 0.238 e. The zero-order valence-corrected chi connectivity index (χ0v) is 7.52. The average Bonchev–Trinajstić information content (AvgIpc) is 2.71. The number of aliphatic hydroxyl groups excluding tert-OH is 1. The molecule has 0 saturated carbocycles. The molecule has 72 valence electrons. The number of rotatable bonds is 2. The summed E-state index contributed by atoms with van der Waals surface area (Å²) in [5, 5.41) is 9.80. The Balaban J connectivity index is 1.99. The summed E-state index contributed by atoms with van der Waals surface area (Å²) in [5.74, 6) is 0.405. The maximum absolute atomic E-state index is 9.80. The van der Waals surface area contributed by atoms with Crippen LogP contribution in [0.1, 0.15) is 31.4 Å². The molecule has 1 fully saturated rings. The van der Waals surface area contributed by atoms with E-state index in [9.17, 15) is 5.11 Å². The Kier molecular flexibility index (Phi) is 2.61. The Hall–Kier alpha value is -0.870. The van der Waals surface area contributed by atoms with Crippen molar-refractivity contribution in [3.63, 3.8) is 0 Å². The third-order valence-corrected chi connectivity index (χ3v) is 2.41. The van der Waals surface area contributed by atoms with Crippen LogP contribution < -0.4 is 0 Å². The lowest BCUT2D eigenvalue weighted by Gasteiger charge is -2.29. The molecule has 1 aliphatic heterocycles. The molecule has 0 radical (unpaired) electrons. The predicted octanol–water partition coefficient (Wildman–Crippen LogP) is 1.15. The zero-order valence-electron chi connectivity index (χ0n) is 7.52. The third kappa shape index (κ3) is 1.89. The van der Waals surface area contributed by atoms with Gasteiger partial charge in [-0.15, -0.1) is 0 Å². The van der Waals surface area contributed by atoms with Crippen LogP contribution in [0.5, 0.6) is 0 Å². The van der Waals surface area contributed by atoms with Crippen molar-refractivity contribution in [3.8, 4) is 0 Å². The molecule has 1 aromatic rings. The molecule has 0 spiro atoms. The van der Waals surface area contributed by atoms with Gasteiger partial charge in [0.05, 0.1) is 6.20 Å². The standard InChI is InChI=1S/C9H14N2O2/c12-9(8-10-4-7-13-8)11-5-2-1-3-6-11/h4,7,9,12H,1-3,5-6H2/t9-/m1/s1. The highest BCUT2D eigenvalue weighted by atomic mass is 16.4. The summed E-state index contributed by atoms with van der Waals surface area (Å²) in [6.07, 6.45) is 5.95. The molecule has 2 heterocycles. The van der Waals surface area contributed by atoms with Crippen LogP contribution in [-0.4, -0.2) is 28.1 Å². The van der Waals surface area contributed by atoms with Crippen LogP contribution >= 0.6 is 0 Å². The highest BCUT2D eigenvalue weighted by Crippen LogP contribution is 2.20. The molecular weight excluding hydrogens is 168 g/mol. The van der Waals surface area contributed by atoms with E-state index in [0.717, 1.165) is 25.9 Å². The fourth-order valence-corrected chi connectivity index (χ4v) is 1.68. The Labute approximate surface area is 77.2 Å². The van der Waals surface area contributed by atoms with E-state index in [1.54, 1.807) is 6.20 Å². The molecular formula is C9H14N2O2. The molecule has 2 rings (SSSR count). The van der Waals surface area contributed by atoms with Gasteiger partial charge in [0.2, 0.25) is 5.89 Å². The first-order valence-corrected chi connectivity index (χ1v) is 4.69. The molecule has 0 bridgehead atoms. The van der Waals surface area contributed by atoms with Crippen molar-refractivity contribution in [1.29, 1.82) is 0 Å². The second kappa shape index (κ2) is 3.89. The summed E-state index contributed by atoms with van der Waals surface area (Å²) in [4.78, 5) is 5.93. The smallest absolute Gasteiger partial charge is 0.238 e. The SMILES string of the molecule is O[C@H](c1ncco1)N1CCCCC1. The Morgan fingerprint density at radius 3 is 2.77 bits per heavy atom. The van der Waals surface area contributed by atoms with Gasteiger partial charge in [-0.3, -0.25) is 4.90 Å². The van der Waals surface area contributed by atoms with Crippen LogP contribution in [0.25, 0.3) is 0 Å². The summed E-state index contributed by atoms with van der Waals surface area (Å²) in [6.45, 7) is 1.87. The minimum Gasteiger partial charge on any atom is -0.445 e. The van der Waals surface area contributed by atoms with Crippen LogP contribution in [0.15, 0.2) is 16.9 Å². The van der Waals surface area contributed by atoms with Gasteiger partial charge in [-0.1, -0.05) is 6.42 Å². The molecule has 1 N–H and O–H groups in total. The Bertz CT molecular complexity index is 242. The molecule has 4 heteroatoms. The van der Waals surface area contributed by atoms with Gasteiger partial charge in [0.25, 0.3) is 0 Å². The van der Waals surface area contributed by atoms with Crippen LogP contribution in [-0.2, 0) is 0 Å². The normalized spacial score (nSPS) is 21.6. The second-order valence-electron chi connectivity index (χ2n) is 3.34. The van der Waals surface area contributed by atoms with E-state index < -0.39 is 6.23 Å². The number of likely N-dealkylation sites (tertiary alicyclic amines) is 1. The predicted molar refractivity (Wildman–Crippen MR) is 46.9 cm³/mol. The van der Waals surface area contributed by atoms with Crippen molar-refractivity contribution in [1.82, 2.24) is 9.88 Å². The number of nitrogens with zero attached hydrogens (tertiary/aromatic N) is 2. The molecule has 4 nitrogen and oxygen atoms in total. The lowest BCUT2D eigenvalue weighted by Crippen LogP contribution is -2.33. The summed E-state index contributed by atoms with van der Waals surface area (Å²) >= 11 is 0. The van der Waals surface area contributed by atoms with Crippen molar-refractivity contribution < 1.29 is 9.52 Å². The van der Waals surface area contributed by atoms with E-state index in [1.807, 2.05) is 4.90 Å². The largest absolute Gasteiger partial charge is 0.445 e. The van der Waals surface area contributed by atoms with Gasteiger partial charge >= 0.3 is 0 Å². The maximum atomic E-state index is 9.80. The lowest BCUT2D eigenvalue weighted by molar-refractivity contribution is -0.0281. The second-order valence-corrected chi connectivity index (χ2v) is 3.34. The first-order valence-electron chi connectivity index (χ1n) is 4.69. The van der Waals surface area contributed by atoms with Gasteiger partial charge < -0.3 is 9.52 Å². The minimum absolute atomic E-state index is 0.405. The van der Waals surface area contributed by atoms with E-state index in [-0.39, 0.29) is 0 Å². The lowest BCUT2D eigenvalue weighted by atomic mass is 10.1. The fourth-order valence-electron chi connectivity index (χ4n) is 1.68. The Morgan fingerprint density at radius 2 is 2.15 bits per heavy atom. The van der Waals surface area contributed by atoms with Gasteiger partial charge in [0, 0.05) is 13.1 Å². The molecule has 0 aliphatic carbocycles. The molecule has 13 heavy (non-hydrogen) atoms. The quantitative estimate of drug-likeness (QED) is 0.745. The van der Waals surface area contributed by atoms with E-state index in [0.29, 0.717) is 5.89 Å². The average molecular weight is 182 g/mol. The van der Waals surface area contributed by atoms with Crippen LogP contribution in [0.3, 0.4) is 0 Å². The number of hydrogen-bond donors (Lipinski definition) is 1. The molecule has 0 amide bonds. The molecule has 1 atom stereocenters. The van der Waals surface area contributed by atoms with Gasteiger partial charge in [0.15, 0.2) is 6.23 Å². The topological polar surface area (TPSA) is 49.5 Å². The fraction of sp³-hybridized carbons (Fsp3) is 0.667. The number of oxazole rings is 1. The van der Waals surface area contributed by atoms with Crippen molar-refractivity contribution in [2.75, 3.05) is 13.1 Å². The van der Waals surface area contributed by atoms with Crippen LogP contribution in [0, 0.1) is 0 Å².